The van der Waals surface area contributed by atoms with Gasteiger partial charge in [0, 0.05) is 5.69 Å². The number of nitrogens with one attached hydrogen (secondary N) is 2. The Bertz CT molecular complexity index is 1140. The van der Waals surface area contributed by atoms with Crippen LogP contribution in [0.3, 0.4) is 0 Å². The number of aryl methyl sites for hydroxylation is 3. The molecule has 2 aromatic carbocycles. The smallest absolute Gasteiger partial charge is 0.337 e. The zero-order valence-corrected chi connectivity index (χ0v) is 18.5. The van der Waals surface area contributed by atoms with Gasteiger partial charge in [0.15, 0.2) is 0 Å². The van der Waals surface area contributed by atoms with Crippen LogP contribution in [0.5, 0.6) is 0 Å². The van der Waals surface area contributed by atoms with Crippen LogP contribution in [0, 0.1) is 20.8 Å². The third-order valence-corrected chi connectivity index (χ3v) is 6.41. The van der Waals surface area contributed by atoms with Crippen molar-refractivity contribution < 1.29 is 14.3 Å². The number of aromatic nitrogens is 3. The molecule has 1 amide bonds. The number of anilines is 1. The molecule has 8 nitrogen and oxygen atoms in total. The molecule has 0 saturated carbocycles. The Hall–Kier alpha value is -3.33. The Kier molecular flexibility index (Phi) is 5.69. The van der Waals surface area contributed by atoms with Gasteiger partial charge in [0.1, 0.15) is 11.1 Å². The number of thioether (sulfide) groups is 1. The number of carbonyl (C=O) groups is 2. The number of hydrogen-bond donors (Lipinski definition) is 2. The number of methoxy groups -OCH3 is 1. The van der Waals surface area contributed by atoms with E-state index in [1.807, 2.05) is 51.1 Å². The summed E-state index contributed by atoms with van der Waals surface area (Å²) in [6.45, 7) is 5.80. The van der Waals surface area contributed by atoms with Crippen LogP contribution >= 0.6 is 11.8 Å². The minimum atomic E-state index is -0.500. The number of ether oxygens (including phenoxy) is 1. The molecule has 2 heterocycles. The fraction of sp³-hybridized carbons (Fsp3) is 0.273. The lowest BCUT2D eigenvalue weighted by molar-refractivity contribution is -0.116. The van der Waals surface area contributed by atoms with E-state index in [2.05, 4.69) is 20.9 Å². The molecule has 1 aromatic heterocycles. The highest BCUT2D eigenvalue weighted by Crippen LogP contribution is 2.37. The summed E-state index contributed by atoms with van der Waals surface area (Å²) in [5.41, 5.74) is 7.52. The van der Waals surface area contributed by atoms with Crippen molar-refractivity contribution in [3.05, 3.63) is 70.5 Å². The quantitative estimate of drug-likeness (QED) is 0.604. The van der Waals surface area contributed by atoms with Crippen LogP contribution in [-0.4, -0.2) is 39.1 Å². The standard InChI is InChI=1S/C22H23N5O3S/c1-12-5-6-13(2)17(11-12)23-20(28)19-18(26-27-14(3)24-25-22(27)31-19)15-7-9-16(10-8-15)21(29)30-4/h5-11,18-19,26H,1-4H3,(H,23,28)/t18-,19+/m1/s1. The van der Waals surface area contributed by atoms with Gasteiger partial charge < -0.3 is 15.5 Å². The molecule has 31 heavy (non-hydrogen) atoms. The van der Waals surface area contributed by atoms with Crippen molar-refractivity contribution in [3.63, 3.8) is 0 Å². The monoisotopic (exact) mass is 437 g/mol. The van der Waals surface area contributed by atoms with Crippen LogP contribution in [-0.2, 0) is 9.53 Å². The van der Waals surface area contributed by atoms with Gasteiger partial charge in [0.05, 0.1) is 18.7 Å². The maximum atomic E-state index is 13.3. The third kappa shape index (κ3) is 4.13. The first-order valence-electron chi connectivity index (χ1n) is 9.79. The second-order valence-electron chi connectivity index (χ2n) is 7.43. The van der Waals surface area contributed by atoms with E-state index in [4.69, 9.17) is 4.74 Å². The van der Waals surface area contributed by atoms with Crippen molar-refractivity contribution in [2.24, 2.45) is 0 Å². The minimum Gasteiger partial charge on any atom is -0.465 e. The van der Waals surface area contributed by atoms with E-state index in [0.717, 1.165) is 22.4 Å². The second-order valence-corrected chi connectivity index (χ2v) is 8.54. The Morgan fingerprint density at radius 2 is 1.84 bits per heavy atom. The summed E-state index contributed by atoms with van der Waals surface area (Å²) in [6, 6.07) is 12.6. The summed E-state index contributed by atoms with van der Waals surface area (Å²) < 4.78 is 6.56. The molecule has 0 saturated heterocycles. The summed E-state index contributed by atoms with van der Waals surface area (Å²) in [4.78, 5) is 25.1. The summed E-state index contributed by atoms with van der Waals surface area (Å²) >= 11 is 1.36. The van der Waals surface area contributed by atoms with E-state index in [1.165, 1.54) is 18.9 Å². The minimum absolute atomic E-state index is 0.139. The molecular formula is C22H23N5O3S. The van der Waals surface area contributed by atoms with Gasteiger partial charge in [-0.1, -0.05) is 36.0 Å². The van der Waals surface area contributed by atoms with Crippen molar-refractivity contribution in [1.29, 1.82) is 0 Å². The first kappa shape index (κ1) is 20.9. The molecule has 1 aliphatic heterocycles. The van der Waals surface area contributed by atoms with E-state index >= 15 is 0 Å². The van der Waals surface area contributed by atoms with Gasteiger partial charge in [-0.3, -0.25) is 4.79 Å². The zero-order chi connectivity index (χ0) is 22.1. The fourth-order valence-electron chi connectivity index (χ4n) is 3.43. The van der Waals surface area contributed by atoms with Crippen LogP contribution in [0.2, 0.25) is 0 Å². The highest BCUT2D eigenvalue weighted by atomic mass is 32.2. The van der Waals surface area contributed by atoms with Crippen molar-refractivity contribution in [1.82, 2.24) is 14.9 Å². The number of hydrogen-bond acceptors (Lipinski definition) is 7. The second kappa shape index (κ2) is 8.43. The van der Waals surface area contributed by atoms with Crippen LogP contribution in [0.1, 0.15) is 38.9 Å². The zero-order valence-electron chi connectivity index (χ0n) is 17.7. The summed E-state index contributed by atoms with van der Waals surface area (Å²) in [5.74, 6) is 0.158. The molecule has 0 unspecified atom stereocenters. The van der Waals surface area contributed by atoms with Crippen LogP contribution in [0.15, 0.2) is 47.6 Å². The Labute approximate surface area is 184 Å². The Balaban J connectivity index is 1.67. The molecule has 0 fully saturated rings. The van der Waals surface area contributed by atoms with Crippen molar-refractivity contribution in [2.75, 3.05) is 17.9 Å². The first-order valence-corrected chi connectivity index (χ1v) is 10.7. The van der Waals surface area contributed by atoms with Gasteiger partial charge in [-0.05, 0) is 55.7 Å². The lowest BCUT2D eigenvalue weighted by Crippen LogP contribution is -2.41. The van der Waals surface area contributed by atoms with Gasteiger partial charge in [0.25, 0.3) is 0 Å². The number of carbonyl (C=O) groups excluding carboxylic acids is 2. The first-order chi connectivity index (χ1) is 14.9. The molecule has 0 aliphatic carbocycles. The Morgan fingerprint density at radius 1 is 1.10 bits per heavy atom. The number of rotatable bonds is 4. The highest BCUT2D eigenvalue weighted by Gasteiger charge is 2.37. The van der Waals surface area contributed by atoms with E-state index in [-0.39, 0.29) is 11.9 Å². The van der Waals surface area contributed by atoms with Crippen LogP contribution in [0.25, 0.3) is 0 Å². The normalized spacial score (nSPS) is 17.4. The SMILES string of the molecule is COC(=O)c1ccc([C@H]2Nn3c(C)nnc3S[C@@H]2C(=O)Nc2cc(C)ccc2C)cc1. The summed E-state index contributed by atoms with van der Waals surface area (Å²) in [5, 5.41) is 11.5. The molecule has 9 heteroatoms. The lowest BCUT2D eigenvalue weighted by atomic mass is 10.0. The van der Waals surface area contributed by atoms with Gasteiger partial charge >= 0.3 is 5.97 Å². The number of esters is 1. The Morgan fingerprint density at radius 3 is 2.55 bits per heavy atom. The van der Waals surface area contributed by atoms with E-state index in [0.29, 0.717) is 16.5 Å². The van der Waals surface area contributed by atoms with Gasteiger partial charge in [-0.15, -0.1) is 10.2 Å². The highest BCUT2D eigenvalue weighted by molar-refractivity contribution is 8.00. The third-order valence-electron chi connectivity index (χ3n) is 5.20. The lowest BCUT2D eigenvalue weighted by Gasteiger charge is -2.33. The van der Waals surface area contributed by atoms with Gasteiger partial charge in [0.2, 0.25) is 11.1 Å². The summed E-state index contributed by atoms with van der Waals surface area (Å²) in [6.07, 6.45) is 0. The maximum Gasteiger partial charge on any atom is 0.337 e. The molecule has 4 rings (SSSR count). The molecule has 0 spiro atoms. The van der Waals surface area contributed by atoms with Crippen LogP contribution in [0.4, 0.5) is 5.69 Å². The predicted molar refractivity (Wildman–Crippen MR) is 119 cm³/mol. The van der Waals surface area contributed by atoms with Crippen molar-refractivity contribution >= 4 is 29.3 Å². The number of fused-ring (bicyclic) bond motifs is 1. The largest absolute Gasteiger partial charge is 0.465 e. The molecule has 3 aromatic rings. The van der Waals surface area contributed by atoms with E-state index < -0.39 is 11.2 Å². The molecule has 2 atom stereocenters. The molecule has 2 N–H and O–H groups in total. The predicted octanol–water partition coefficient (Wildman–Crippen LogP) is 3.39. The van der Waals surface area contributed by atoms with Gasteiger partial charge in [-0.2, -0.15) is 0 Å². The molecule has 160 valence electrons. The molecular weight excluding hydrogens is 414 g/mol. The van der Waals surface area contributed by atoms with Crippen molar-refractivity contribution in [3.8, 4) is 0 Å². The average molecular weight is 438 g/mol. The summed E-state index contributed by atoms with van der Waals surface area (Å²) in [7, 11) is 1.35. The number of amides is 1. The molecule has 0 bridgehead atoms. The maximum absolute atomic E-state index is 13.3. The van der Waals surface area contributed by atoms with E-state index in [1.54, 1.807) is 16.8 Å². The van der Waals surface area contributed by atoms with E-state index in [9.17, 15) is 9.59 Å². The van der Waals surface area contributed by atoms with Gasteiger partial charge in [-0.25, -0.2) is 9.47 Å². The molecule has 0 radical (unpaired) electrons. The topological polar surface area (TPSA) is 98.1 Å². The number of benzene rings is 2. The molecule has 1 aliphatic rings. The average Bonchev–Trinajstić information content (AvgIpc) is 3.14. The number of nitrogens with zero attached hydrogens (tertiary/aromatic N) is 3. The van der Waals surface area contributed by atoms with Crippen molar-refractivity contribution in [2.45, 2.75) is 37.2 Å². The fourth-order valence-corrected chi connectivity index (χ4v) is 4.55. The van der Waals surface area contributed by atoms with Crippen LogP contribution < -0.4 is 10.7 Å².